The van der Waals surface area contributed by atoms with Crippen LogP contribution in [-0.2, 0) is 12.8 Å². The molecule has 0 aromatic carbocycles. The molecule has 2 rings (SSSR count). The van der Waals surface area contributed by atoms with Crippen LogP contribution in [0.1, 0.15) is 48.0 Å². The lowest BCUT2D eigenvalue weighted by Gasteiger charge is -2.22. The van der Waals surface area contributed by atoms with Crippen LogP contribution in [0.4, 0.5) is 0 Å². The molecular weight excluding hydrogens is 258 g/mol. The third-order valence-electron chi connectivity index (χ3n) is 3.80. The number of rotatable bonds is 4. The second kappa shape index (κ2) is 5.63. The Bertz CT molecular complexity index is 465. The van der Waals surface area contributed by atoms with Gasteiger partial charge < -0.3 is 10.4 Å². The second-order valence-corrected chi connectivity index (χ2v) is 7.37. The average molecular weight is 281 g/mol. The van der Waals surface area contributed by atoms with Gasteiger partial charge in [-0.05, 0) is 30.7 Å². The van der Waals surface area contributed by atoms with E-state index in [2.05, 4.69) is 12.2 Å². The van der Waals surface area contributed by atoms with Crippen molar-refractivity contribution in [2.45, 2.75) is 40.0 Å². The highest BCUT2D eigenvalue weighted by Crippen LogP contribution is 2.32. The Morgan fingerprint density at radius 2 is 2.32 bits per heavy atom. The number of aliphatic hydroxyl groups is 1. The van der Waals surface area contributed by atoms with E-state index in [0.717, 1.165) is 24.3 Å². The fraction of sp³-hybridized carbons (Fsp3) is 0.667. The molecule has 1 aromatic heterocycles. The van der Waals surface area contributed by atoms with Crippen molar-refractivity contribution in [2.75, 3.05) is 13.2 Å². The van der Waals surface area contributed by atoms with Crippen LogP contribution in [0.15, 0.2) is 5.38 Å². The zero-order chi connectivity index (χ0) is 14.0. The molecule has 1 amide bonds. The largest absolute Gasteiger partial charge is 0.396 e. The molecule has 19 heavy (non-hydrogen) atoms. The molecule has 2 N–H and O–H groups in total. The van der Waals surface area contributed by atoms with E-state index in [1.807, 2.05) is 19.2 Å². The van der Waals surface area contributed by atoms with Gasteiger partial charge in [0.2, 0.25) is 0 Å². The molecule has 1 unspecified atom stereocenters. The first-order valence-corrected chi connectivity index (χ1v) is 7.79. The SMILES string of the molecule is CC1CCc2c(C(=O)NCC(C)(C)CO)csc2C1. The van der Waals surface area contributed by atoms with Crippen LogP contribution < -0.4 is 5.32 Å². The minimum absolute atomic E-state index is 0.00794. The zero-order valence-corrected chi connectivity index (χ0v) is 12.8. The van der Waals surface area contributed by atoms with Crippen LogP contribution in [0, 0.1) is 11.3 Å². The predicted octanol–water partition coefficient (Wildman–Crippen LogP) is 2.62. The number of hydrogen-bond acceptors (Lipinski definition) is 3. The van der Waals surface area contributed by atoms with Gasteiger partial charge in [0.05, 0.1) is 5.56 Å². The van der Waals surface area contributed by atoms with E-state index in [4.69, 9.17) is 0 Å². The Labute approximate surface area is 119 Å². The van der Waals surface area contributed by atoms with Crippen LogP contribution >= 0.6 is 11.3 Å². The molecular formula is C15H23NO2S. The van der Waals surface area contributed by atoms with Crippen LogP contribution in [0.3, 0.4) is 0 Å². The number of thiophene rings is 1. The molecule has 1 heterocycles. The highest BCUT2D eigenvalue weighted by Gasteiger charge is 2.24. The summed E-state index contributed by atoms with van der Waals surface area (Å²) in [6.45, 7) is 6.73. The lowest BCUT2D eigenvalue weighted by Crippen LogP contribution is -2.36. The van der Waals surface area contributed by atoms with Crippen molar-refractivity contribution in [2.24, 2.45) is 11.3 Å². The minimum atomic E-state index is -0.264. The first-order chi connectivity index (χ1) is 8.93. The topological polar surface area (TPSA) is 49.3 Å². The van der Waals surface area contributed by atoms with Crippen LogP contribution in [0.5, 0.6) is 0 Å². The summed E-state index contributed by atoms with van der Waals surface area (Å²) in [5.41, 5.74) is 1.84. The fourth-order valence-corrected chi connectivity index (χ4v) is 3.58. The molecule has 0 fully saturated rings. The van der Waals surface area contributed by atoms with E-state index in [9.17, 15) is 9.90 Å². The minimum Gasteiger partial charge on any atom is -0.396 e. The molecule has 0 bridgehead atoms. The van der Waals surface area contributed by atoms with Gasteiger partial charge in [-0.25, -0.2) is 0 Å². The summed E-state index contributed by atoms with van der Waals surface area (Å²) in [5, 5.41) is 14.1. The number of amides is 1. The van der Waals surface area contributed by atoms with Gasteiger partial charge in [-0.1, -0.05) is 20.8 Å². The summed E-state index contributed by atoms with van der Waals surface area (Å²) in [7, 11) is 0. The number of carbonyl (C=O) groups excluding carboxylic acids is 1. The molecule has 0 aliphatic heterocycles. The first-order valence-electron chi connectivity index (χ1n) is 6.91. The summed E-state index contributed by atoms with van der Waals surface area (Å²) in [4.78, 5) is 13.6. The fourth-order valence-electron chi connectivity index (χ4n) is 2.34. The number of carbonyl (C=O) groups is 1. The van der Waals surface area contributed by atoms with E-state index >= 15 is 0 Å². The Morgan fingerprint density at radius 1 is 1.58 bits per heavy atom. The highest BCUT2D eigenvalue weighted by molar-refractivity contribution is 7.10. The van der Waals surface area contributed by atoms with E-state index in [1.54, 1.807) is 11.3 Å². The first kappa shape index (κ1) is 14.5. The summed E-state index contributed by atoms with van der Waals surface area (Å²) in [6.07, 6.45) is 3.30. The summed E-state index contributed by atoms with van der Waals surface area (Å²) < 4.78 is 0. The van der Waals surface area contributed by atoms with Gasteiger partial charge in [0.1, 0.15) is 0 Å². The van der Waals surface area contributed by atoms with Gasteiger partial charge in [-0.2, -0.15) is 0 Å². The van der Waals surface area contributed by atoms with Gasteiger partial charge in [0.25, 0.3) is 5.91 Å². The monoisotopic (exact) mass is 281 g/mol. The Balaban J connectivity index is 2.05. The van der Waals surface area contributed by atoms with Crippen LogP contribution in [-0.4, -0.2) is 24.2 Å². The lowest BCUT2D eigenvalue weighted by molar-refractivity contribution is 0.0910. The smallest absolute Gasteiger partial charge is 0.252 e. The van der Waals surface area contributed by atoms with Crippen LogP contribution in [0.2, 0.25) is 0 Å². The maximum Gasteiger partial charge on any atom is 0.252 e. The van der Waals surface area contributed by atoms with Crippen LogP contribution in [0.25, 0.3) is 0 Å². The number of fused-ring (bicyclic) bond motifs is 1. The standard InChI is InChI=1S/C15H23NO2S/c1-10-4-5-11-12(7-19-13(11)6-10)14(18)16-8-15(2,3)9-17/h7,10,17H,4-6,8-9H2,1-3H3,(H,16,18). The Hall–Kier alpha value is -0.870. The normalized spacial score (nSPS) is 19.1. The predicted molar refractivity (Wildman–Crippen MR) is 78.7 cm³/mol. The molecule has 3 nitrogen and oxygen atoms in total. The van der Waals surface area contributed by atoms with Crippen molar-refractivity contribution in [1.29, 1.82) is 0 Å². The van der Waals surface area contributed by atoms with Crippen molar-refractivity contribution in [1.82, 2.24) is 5.32 Å². The molecule has 0 spiro atoms. The Morgan fingerprint density at radius 3 is 3.00 bits per heavy atom. The quantitative estimate of drug-likeness (QED) is 0.891. The Kier molecular flexibility index (Phi) is 4.31. The third kappa shape index (κ3) is 3.37. The summed E-state index contributed by atoms with van der Waals surface area (Å²) in [6, 6.07) is 0. The van der Waals surface area contributed by atoms with Gasteiger partial charge >= 0.3 is 0 Å². The van der Waals surface area contributed by atoms with E-state index in [1.165, 1.54) is 16.9 Å². The second-order valence-electron chi connectivity index (χ2n) is 6.40. The molecule has 0 saturated heterocycles. The van der Waals surface area contributed by atoms with Gasteiger partial charge in [0, 0.05) is 28.8 Å². The third-order valence-corrected chi connectivity index (χ3v) is 4.85. The molecule has 1 aliphatic carbocycles. The van der Waals surface area contributed by atoms with Gasteiger partial charge in [-0.3, -0.25) is 4.79 Å². The van der Waals surface area contributed by atoms with E-state index in [0.29, 0.717) is 6.54 Å². The molecule has 4 heteroatoms. The molecule has 1 aliphatic rings. The molecule has 106 valence electrons. The van der Waals surface area contributed by atoms with E-state index < -0.39 is 0 Å². The molecule has 0 radical (unpaired) electrons. The molecule has 1 atom stereocenters. The number of aliphatic hydroxyl groups excluding tert-OH is 1. The van der Waals surface area contributed by atoms with E-state index in [-0.39, 0.29) is 17.9 Å². The average Bonchev–Trinajstić information content (AvgIpc) is 2.79. The number of hydrogen-bond donors (Lipinski definition) is 2. The van der Waals surface area contributed by atoms with Gasteiger partial charge in [0.15, 0.2) is 0 Å². The van der Waals surface area contributed by atoms with Crippen molar-refractivity contribution in [3.05, 3.63) is 21.4 Å². The maximum absolute atomic E-state index is 12.2. The highest BCUT2D eigenvalue weighted by atomic mass is 32.1. The van der Waals surface area contributed by atoms with Crippen molar-refractivity contribution in [3.8, 4) is 0 Å². The molecule has 0 saturated carbocycles. The maximum atomic E-state index is 12.2. The molecule has 1 aromatic rings. The van der Waals surface area contributed by atoms with Crippen molar-refractivity contribution in [3.63, 3.8) is 0 Å². The van der Waals surface area contributed by atoms with Crippen molar-refractivity contribution < 1.29 is 9.90 Å². The lowest BCUT2D eigenvalue weighted by atomic mass is 9.88. The summed E-state index contributed by atoms with van der Waals surface area (Å²) in [5.74, 6) is 0.740. The van der Waals surface area contributed by atoms with Gasteiger partial charge in [-0.15, -0.1) is 11.3 Å². The summed E-state index contributed by atoms with van der Waals surface area (Å²) >= 11 is 1.71. The number of nitrogens with one attached hydrogen (secondary N) is 1. The van der Waals surface area contributed by atoms with Crippen molar-refractivity contribution >= 4 is 17.2 Å². The zero-order valence-electron chi connectivity index (χ0n) is 12.0.